The zero-order valence-corrected chi connectivity index (χ0v) is 16.0. The molecule has 0 aliphatic carbocycles. The van der Waals surface area contributed by atoms with E-state index >= 15 is 0 Å². The van der Waals surface area contributed by atoms with Crippen LogP contribution in [0.3, 0.4) is 0 Å². The minimum absolute atomic E-state index is 0.118. The molecule has 0 heterocycles. The molecule has 0 aliphatic heterocycles. The highest BCUT2D eigenvalue weighted by Crippen LogP contribution is 2.25. The molecule has 0 fully saturated rings. The van der Waals surface area contributed by atoms with Gasteiger partial charge in [0.05, 0.1) is 4.92 Å². The molecular weight excluding hydrogens is 344 g/mol. The molecule has 0 aliphatic rings. The zero-order chi connectivity index (χ0) is 19.8. The molecule has 0 saturated heterocycles. The Hall–Kier alpha value is -2.93. The zero-order valence-electron chi connectivity index (χ0n) is 16.0. The molecule has 27 heavy (non-hydrogen) atoms. The van der Waals surface area contributed by atoms with Crippen LogP contribution in [0.25, 0.3) is 0 Å². The lowest BCUT2D eigenvalue weighted by Gasteiger charge is -2.20. The van der Waals surface area contributed by atoms with Crippen molar-refractivity contribution in [1.82, 2.24) is 10.2 Å². The summed E-state index contributed by atoms with van der Waals surface area (Å²) in [6, 6.07) is 12.4. The SMILES string of the molecule is CCN(CC)Cc1ccccc1CNC(=O)c1ccc(NC)c([N+](=O)[O-])c1. The van der Waals surface area contributed by atoms with Gasteiger partial charge in [-0.25, -0.2) is 0 Å². The van der Waals surface area contributed by atoms with Crippen LogP contribution in [0.4, 0.5) is 11.4 Å². The van der Waals surface area contributed by atoms with Crippen molar-refractivity contribution in [2.45, 2.75) is 26.9 Å². The Morgan fingerprint density at radius 1 is 1.11 bits per heavy atom. The molecule has 2 rings (SSSR count). The van der Waals surface area contributed by atoms with Crippen molar-refractivity contribution < 1.29 is 9.72 Å². The van der Waals surface area contributed by atoms with Gasteiger partial charge in [0.15, 0.2) is 0 Å². The van der Waals surface area contributed by atoms with E-state index in [1.807, 2.05) is 18.2 Å². The minimum Gasteiger partial charge on any atom is -0.383 e. The lowest BCUT2D eigenvalue weighted by Crippen LogP contribution is -2.26. The van der Waals surface area contributed by atoms with Gasteiger partial charge in [-0.3, -0.25) is 19.8 Å². The van der Waals surface area contributed by atoms with Crippen LogP contribution < -0.4 is 10.6 Å². The summed E-state index contributed by atoms with van der Waals surface area (Å²) in [5.74, 6) is -0.335. The van der Waals surface area contributed by atoms with Crippen molar-refractivity contribution in [3.05, 3.63) is 69.3 Å². The summed E-state index contributed by atoms with van der Waals surface area (Å²) in [7, 11) is 1.61. The van der Waals surface area contributed by atoms with Crippen molar-refractivity contribution in [2.75, 3.05) is 25.5 Å². The average Bonchev–Trinajstić information content (AvgIpc) is 2.70. The standard InChI is InChI=1S/C20H26N4O3/c1-4-23(5-2)14-17-9-7-6-8-16(17)13-22-20(25)15-10-11-18(21-3)19(12-15)24(26)27/h6-12,21H,4-5,13-14H2,1-3H3,(H,22,25). The third-order valence-corrected chi connectivity index (χ3v) is 4.57. The molecule has 0 spiro atoms. The van der Waals surface area contributed by atoms with Crippen LogP contribution >= 0.6 is 0 Å². The predicted molar refractivity (Wildman–Crippen MR) is 107 cm³/mol. The molecule has 2 N–H and O–H groups in total. The molecule has 0 atom stereocenters. The lowest BCUT2D eigenvalue weighted by atomic mass is 10.1. The fraction of sp³-hybridized carbons (Fsp3) is 0.350. The number of nitrogens with zero attached hydrogens (tertiary/aromatic N) is 2. The number of carbonyl (C=O) groups is 1. The number of nitro benzene ring substituents is 1. The first kappa shape index (κ1) is 20.4. The molecule has 7 heteroatoms. The first-order valence-electron chi connectivity index (χ1n) is 9.03. The summed E-state index contributed by atoms with van der Waals surface area (Å²) in [6.45, 7) is 7.35. The molecule has 7 nitrogen and oxygen atoms in total. The summed E-state index contributed by atoms with van der Waals surface area (Å²) in [5.41, 5.74) is 2.73. The number of hydrogen-bond acceptors (Lipinski definition) is 5. The van der Waals surface area contributed by atoms with Crippen LogP contribution in [-0.2, 0) is 13.1 Å². The van der Waals surface area contributed by atoms with Crippen molar-refractivity contribution in [3.8, 4) is 0 Å². The number of amides is 1. The molecule has 144 valence electrons. The number of anilines is 1. The van der Waals surface area contributed by atoms with Gasteiger partial charge >= 0.3 is 0 Å². The quantitative estimate of drug-likeness (QED) is 0.522. The summed E-state index contributed by atoms with van der Waals surface area (Å²) in [4.78, 5) is 25.5. The lowest BCUT2D eigenvalue weighted by molar-refractivity contribution is -0.384. The number of hydrogen-bond donors (Lipinski definition) is 2. The van der Waals surface area contributed by atoms with Crippen LogP contribution in [0.5, 0.6) is 0 Å². The van der Waals surface area contributed by atoms with Crippen molar-refractivity contribution >= 4 is 17.3 Å². The molecule has 1 amide bonds. The highest BCUT2D eigenvalue weighted by molar-refractivity contribution is 5.95. The Balaban J connectivity index is 2.12. The summed E-state index contributed by atoms with van der Waals surface area (Å²) in [5, 5.41) is 16.8. The van der Waals surface area contributed by atoms with Gasteiger partial charge in [-0.1, -0.05) is 38.1 Å². The highest BCUT2D eigenvalue weighted by Gasteiger charge is 2.17. The molecule has 2 aromatic carbocycles. The van der Waals surface area contributed by atoms with Gasteiger partial charge in [0.25, 0.3) is 11.6 Å². The second-order valence-corrected chi connectivity index (χ2v) is 6.15. The van der Waals surface area contributed by atoms with E-state index in [4.69, 9.17) is 0 Å². The first-order valence-corrected chi connectivity index (χ1v) is 9.03. The normalized spacial score (nSPS) is 10.7. The van der Waals surface area contributed by atoms with Gasteiger partial charge in [-0.05, 0) is 36.3 Å². The van der Waals surface area contributed by atoms with Gasteiger partial charge in [-0.2, -0.15) is 0 Å². The molecule has 0 unspecified atom stereocenters. The summed E-state index contributed by atoms with van der Waals surface area (Å²) >= 11 is 0. The Morgan fingerprint density at radius 2 is 1.78 bits per heavy atom. The topological polar surface area (TPSA) is 87.5 Å². The van der Waals surface area contributed by atoms with Crippen molar-refractivity contribution in [2.24, 2.45) is 0 Å². The van der Waals surface area contributed by atoms with Gasteiger partial charge in [0, 0.05) is 31.8 Å². The van der Waals surface area contributed by atoms with Crippen LogP contribution in [0.1, 0.15) is 35.3 Å². The maximum Gasteiger partial charge on any atom is 0.293 e. The van der Waals surface area contributed by atoms with E-state index < -0.39 is 4.92 Å². The van der Waals surface area contributed by atoms with Gasteiger partial charge in [0.1, 0.15) is 5.69 Å². The van der Waals surface area contributed by atoms with Gasteiger partial charge < -0.3 is 10.6 Å². The van der Waals surface area contributed by atoms with E-state index in [0.717, 1.165) is 30.8 Å². The van der Waals surface area contributed by atoms with Crippen LogP contribution in [-0.4, -0.2) is 35.9 Å². The molecule has 0 radical (unpaired) electrons. The van der Waals surface area contributed by atoms with E-state index in [2.05, 4.69) is 35.4 Å². The van der Waals surface area contributed by atoms with Crippen LogP contribution in [0.2, 0.25) is 0 Å². The van der Waals surface area contributed by atoms with E-state index in [1.54, 1.807) is 19.2 Å². The molecular formula is C20H26N4O3. The maximum absolute atomic E-state index is 12.5. The summed E-state index contributed by atoms with van der Waals surface area (Å²) in [6.07, 6.45) is 0. The number of nitrogens with one attached hydrogen (secondary N) is 2. The maximum atomic E-state index is 12.5. The fourth-order valence-corrected chi connectivity index (χ4v) is 2.89. The Labute approximate surface area is 159 Å². The fourth-order valence-electron chi connectivity index (χ4n) is 2.89. The highest BCUT2D eigenvalue weighted by atomic mass is 16.6. The minimum atomic E-state index is -0.498. The van der Waals surface area contributed by atoms with E-state index in [-0.39, 0.29) is 17.2 Å². The molecule has 0 saturated carbocycles. The van der Waals surface area contributed by atoms with E-state index in [9.17, 15) is 14.9 Å². The molecule has 0 aromatic heterocycles. The van der Waals surface area contributed by atoms with E-state index in [0.29, 0.717) is 12.2 Å². The largest absolute Gasteiger partial charge is 0.383 e. The van der Waals surface area contributed by atoms with Crippen LogP contribution in [0, 0.1) is 10.1 Å². The Kier molecular flexibility index (Phi) is 7.31. The summed E-state index contributed by atoms with van der Waals surface area (Å²) < 4.78 is 0. The third kappa shape index (κ3) is 5.27. The Bertz CT molecular complexity index is 804. The number of benzene rings is 2. The average molecular weight is 370 g/mol. The predicted octanol–water partition coefficient (Wildman–Crippen LogP) is 3.41. The second kappa shape index (κ2) is 9.68. The van der Waals surface area contributed by atoms with Crippen molar-refractivity contribution in [3.63, 3.8) is 0 Å². The van der Waals surface area contributed by atoms with Crippen LogP contribution in [0.15, 0.2) is 42.5 Å². The monoisotopic (exact) mass is 370 g/mol. The first-order chi connectivity index (χ1) is 13.0. The second-order valence-electron chi connectivity index (χ2n) is 6.15. The van der Waals surface area contributed by atoms with Gasteiger partial charge in [0.2, 0.25) is 0 Å². The molecule has 0 bridgehead atoms. The smallest absolute Gasteiger partial charge is 0.293 e. The number of rotatable bonds is 9. The van der Waals surface area contributed by atoms with Crippen molar-refractivity contribution in [1.29, 1.82) is 0 Å². The number of carbonyl (C=O) groups excluding carboxylic acids is 1. The third-order valence-electron chi connectivity index (χ3n) is 4.57. The number of nitro groups is 1. The Morgan fingerprint density at radius 3 is 2.37 bits per heavy atom. The molecule has 2 aromatic rings. The van der Waals surface area contributed by atoms with Gasteiger partial charge in [-0.15, -0.1) is 0 Å². The van der Waals surface area contributed by atoms with E-state index in [1.165, 1.54) is 6.07 Å².